The Morgan fingerprint density at radius 1 is 0.857 bits per heavy atom. The SMILES string of the molecule is O=C(CO)C(c1ccccc1)c1nc(Cc2ccccc2)cc2ccccc12. The molecule has 0 fully saturated rings. The van der Waals surface area contributed by atoms with Gasteiger partial charge in [-0.15, -0.1) is 0 Å². The van der Waals surface area contributed by atoms with Gasteiger partial charge in [0.25, 0.3) is 0 Å². The molecule has 1 heterocycles. The maximum absolute atomic E-state index is 12.7. The van der Waals surface area contributed by atoms with Crippen molar-refractivity contribution in [3.05, 3.63) is 114 Å². The molecule has 28 heavy (non-hydrogen) atoms. The van der Waals surface area contributed by atoms with E-state index in [1.165, 1.54) is 5.56 Å². The van der Waals surface area contributed by atoms with Crippen LogP contribution >= 0.6 is 0 Å². The van der Waals surface area contributed by atoms with Crippen molar-refractivity contribution in [2.24, 2.45) is 0 Å². The summed E-state index contributed by atoms with van der Waals surface area (Å²) in [5.41, 5.74) is 3.62. The number of rotatable bonds is 6. The predicted molar refractivity (Wildman–Crippen MR) is 111 cm³/mol. The lowest BCUT2D eigenvalue weighted by molar-refractivity contribution is -0.122. The fourth-order valence-corrected chi connectivity index (χ4v) is 3.63. The van der Waals surface area contributed by atoms with Crippen LogP contribution in [0, 0.1) is 0 Å². The average Bonchev–Trinajstić information content (AvgIpc) is 2.75. The number of carbonyl (C=O) groups excluding carboxylic acids is 1. The molecule has 3 nitrogen and oxygen atoms in total. The number of carbonyl (C=O) groups is 1. The van der Waals surface area contributed by atoms with Crippen LogP contribution in [0.15, 0.2) is 91.0 Å². The molecule has 138 valence electrons. The van der Waals surface area contributed by atoms with Crippen LogP contribution in [-0.4, -0.2) is 22.5 Å². The van der Waals surface area contributed by atoms with Crippen LogP contribution in [-0.2, 0) is 11.2 Å². The Hall–Kier alpha value is -3.30. The van der Waals surface area contributed by atoms with Gasteiger partial charge < -0.3 is 5.11 Å². The molecule has 0 aliphatic heterocycles. The topological polar surface area (TPSA) is 50.2 Å². The standard InChI is InChI=1S/C25H21NO2/c27-17-23(28)24(19-11-5-2-6-12-19)25-22-14-8-7-13-20(22)16-21(26-25)15-18-9-3-1-4-10-18/h1-14,16,24,27H,15,17H2. The van der Waals surface area contributed by atoms with Crippen molar-refractivity contribution in [1.29, 1.82) is 0 Å². The van der Waals surface area contributed by atoms with E-state index in [9.17, 15) is 9.90 Å². The summed E-state index contributed by atoms with van der Waals surface area (Å²) in [7, 11) is 0. The van der Waals surface area contributed by atoms with Gasteiger partial charge in [-0.3, -0.25) is 9.78 Å². The van der Waals surface area contributed by atoms with E-state index in [0.29, 0.717) is 12.1 Å². The number of nitrogens with zero attached hydrogens (tertiary/aromatic N) is 1. The molecule has 0 radical (unpaired) electrons. The third-order valence-electron chi connectivity index (χ3n) is 4.94. The van der Waals surface area contributed by atoms with E-state index < -0.39 is 12.5 Å². The number of pyridine rings is 1. The molecule has 0 saturated heterocycles. The number of aliphatic hydroxyl groups is 1. The molecule has 0 aliphatic carbocycles. The van der Waals surface area contributed by atoms with E-state index in [2.05, 4.69) is 18.2 Å². The second-order valence-corrected chi connectivity index (χ2v) is 6.85. The summed E-state index contributed by atoms with van der Waals surface area (Å²) < 4.78 is 0. The molecule has 0 bridgehead atoms. The number of aromatic nitrogens is 1. The van der Waals surface area contributed by atoms with Crippen LogP contribution < -0.4 is 0 Å². The Bertz CT molecular complexity index is 1090. The Labute approximate surface area is 164 Å². The molecule has 0 aliphatic rings. The van der Waals surface area contributed by atoms with Gasteiger partial charge in [-0.25, -0.2) is 0 Å². The van der Waals surface area contributed by atoms with Crippen molar-refractivity contribution in [3.63, 3.8) is 0 Å². The zero-order valence-corrected chi connectivity index (χ0v) is 15.5. The van der Waals surface area contributed by atoms with E-state index in [4.69, 9.17) is 4.98 Å². The minimum Gasteiger partial charge on any atom is -0.389 e. The number of benzene rings is 3. The smallest absolute Gasteiger partial charge is 0.171 e. The van der Waals surface area contributed by atoms with E-state index in [1.807, 2.05) is 72.8 Å². The highest BCUT2D eigenvalue weighted by Crippen LogP contribution is 2.31. The Kier molecular flexibility index (Phi) is 5.27. The summed E-state index contributed by atoms with van der Waals surface area (Å²) in [5.74, 6) is -0.840. The molecule has 3 heteroatoms. The number of ketones is 1. The lowest BCUT2D eigenvalue weighted by atomic mass is 9.88. The van der Waals surface area contributed by atoms with Crippen LogP contribution in [0.1, 0.15) is 28.4 Å². The molecule has 1 unspecified atom stereocenters. The van der Waals surface area contributed by atoms with Gasteiger partial charge in [0.2, 0.25) is 0 Å². The minimum absolute atomic E-state index is 0.249. The van der Waals surface area contributed by atoms with Gasteiger partial charge in [0.15, 0.2) is 5.78 Å². The fourth-order valence-electron chi connectivity index (χ4n) is 3.63. The molecule has 0 spiro atoms. The molecule has 3 aromatic carbocycles. The van der Waals surface area contributed by atoms with Crippen LogP contribution in [0.5, 0.6) is 0 Å². The summed E-state index contributed by atoms with van der Waals surface area (Å²) in [6.45, 7) is -0.515. The second kappa shape index (κ2) is 8.15. The van der Waals surface area contributed by atoms with Gasteiger partial charge >= 0.3 is 0 Å². The van der Waals surface area contributed by atoms with Crippen molar-refractivity contribution in [2.45, 2.75) is 12.3 Å². The highest BCUT2D eigenvalue weighted by molar-refractivity contribution is 5.95. The number of hydrogen-bond acceptors (Lipinski definition) is 3. The van der Waals surface area contributed by atoms with Crippen molar-refractivity contribution in [1.82, 2.24) is 4.98 Å². The first-order valence-electron chi connectivity index (χ1n) is 9.37. The summed E-state index contributed by atoms with van der Waals surface area (Å²) in [6, 6.07) is 29.8. The lowest BCUT2D eigenvalue weighted by Gasteiger charge is -2.18. The van der Waals surface area contributed by atoms with Gasteiger partial charge in [0.1, 0.15) is 6.61 Å². The number of fused-ring (bicyclic) bond motifs is 1. The molecule has 4 rings (SSSR count). The van der Waals surface area contributed by atoms with Gasteiger partial charge in [0, 0.05) is 17.5 Å². The molecular weight excluding hydrogens is 346 g/mol. The third-order valence-corrected chi connectivity index (χ3v) is 4.94. The zero-order valence-electron chi connectivity index (χ0n) is 15.5. The fraction of sp³-hybridized carbons (Fsp3) is 0.120. The van der Waals surface area contributed by atoms with Gasteiger partial charge in [-0.1, -0.05) is 84.9 Å². The number of hydrogen-bond donors (Lipinski definition) is 1. The third kappa shape index (κ3) is 3.71. The maximum Gasteiger partial charge on any atom is 0.171 e. The molecule has 0 saturated carbocycles. The number of Topliss-reactive ketones (excluding diaryl/α,β-unsaturated/α-hetero) is 1. The van der Waals surface area contributed by atoms with Gasteiger partial charge in [0.05, 0.1) is 11.6 Å². The molecule has 0 amide bonds. The summed E-state index contributed by atoms with van der Waals surface area (Å²) in [6.07, 6.45) is 0.688. The van der Waals surface area contributed by atoms with Gasteiger partial charge in [-0.05, 0) is 22.6 Å². The Morgan fingerprint density at radius 2 is 1.50 bits per heavy atom. The van der Waals surface area contributed by atoms with Gasteiger partial charge in [-0.2, -0.15) is 0 Å². The first kappa shape index (κ1) is 18.1. The van der Waals surface area contributed by atoms with Crippen molar-refractivity contribution in [2.75, 3.05) is 6.61 Å². The van der Waals surface area contributed by atoms with Crippen LogP contribution in [0.3, 0.4) is 0 Å². The second-order valence-electron chi connectivity index (χ2n) is 6.85. The first-order valence-corrected chi connectivity index (χ1v) is 9.37. The van der Waals surface area contributed by atoms with E-state index in [-0.39, 0.29) is 5.78 Å². The summed E-state index contributed by atoms with van der Waals surface area (Å²) in [5, 5.41) is 11.6. The normalized spacial score (nSPS) is 12.0. The maximum atomic E-state index is 12.7. The summed E-state index contributed by atoms with van der Waals surface area (Å²) in [4.78, 5) is 17.6. The van der Waals surface area contributed by atoms with Crippen LogP contribution in [0.4, 0.5) is 0 Å². The molecule has 1 aromatic heterocycles. The lowest BCUT2D eigenvalue weighted by Crippen LogP contribution is -2.19. The van der Waals surface area contributed by atoms with E-state index >= 15 is 0 Å². The molecule has 1 atom stereocenters. The Morgan fingerprint density at radius 3 is 2.21 bits per heavy atom. The van der Waals surface area contributed by atoms with E-state index in [0.717, 1.165) is 22.0 Å². The van der Waals surface area contributed by atoms with Crippen molar-refractivity contribution < 1.29 is 9.90 Å². The highest BCUT2D eigenvalue weighted by Gasteiger charge is 2.25. The summed E-state index contributed by atoms with van der Waals surface area (Å²) >= 11 is 0. The predicted octanol–water partition coefficient (Wildman–Crippen LogP) is 4.52. The molecule has 4 aromatic rings. The van der Waals surface area contributed by atoms with Crippen LogP contribution in [0.2, 0.25) is 0 Å². The van der Waals surface area contributed by atoms with Crippen LogP contribution in [0.25, 0.3) is 10.8 Å². The minimum atomic E-state index is -0.591. The first-order chi connectivity index (χ1) is 13.8. The monoisotopic (exact) mass is 367 g/mol. The molecule has 1 N–H and O–H groups in total. The molecular formula is C25H21NO2. The number of aliphatic hydroxyl groups excluding tert-OH is 1. The quantitative estimate of drug-likeness (QED) is 0.545. The van der Waals surface area contributed by atoms with E-state index in [1.54, 1.807) is 0 Å². The average molecular weight is 367 g/mol. The zero-order chi connectivity index (χ0) is 19.3. The Balaban J connectivity index is 1.89. The largest absolute Gasteiger partial charge is 0.389 e. The van der Waals surface area contributed by atoms with Crippen molar-refractivity contribution >= 4 is 16.6 Å². The highest BCUT2D eigenvalue weighted by atomic mass is 16.3. The van der Waals surface area contributed by atoms with Crippen molar-refractivity contribution in [3.8, 4) is 0 Å².